The average molecular weight is 687 g/mol. The summed E-state index contributed by atoms with van der Waals surface area (Å²) in [5.41, 5.74) is 11.7. The first-order valence-electron chi connectivity index (χ1n) is 18.4. The van der Waals surface area contributed by atoms with Gasteiger partial charge in [0.25, 0.3) is 0 Å². The van der Waals surface area contributed by atoms with Crippen molar-refractivity contribution >= 4 is 32.3 Å². The van der Waals surface area contributed by atoms with Crippen molar-refractivity contribution in [1.82, 2.24) is 9.97 Å². The lowest BCUT2D eigenvalue weighted by Crippen LogP contribution is -1.98. The van der Waals surface area contributed by atoms with E-state index in [0.717, 1.165) is 50.3 Å². The van der Waals surface area contributed by atoms with Gasteiger partial charge in [-0.3, -0.25) is 0 Å². The van der Waals surface area contributed by atoms with Crippen molar-refractivity contribution in [2.24, 2.45) is 0 Å². The molecule has 0 unspecified atom stereocenters. The standard InChI is InChI=1S/C52H34N2/c1-3-15-35(16-4-1)37-19-13-21-40(31-37)50-34-51(41-22-14-20-38(32-41)36-17-5-2-6-18-36)54-52(53-50)48-28-12-7-23-42(48)39-29-30-47-45-26-9-8-24-43(45)44-25-10-11-27-46(44)49(47)33-39/h1-34H. The Morgan fingerprint density at radius 3 is 1.17 bits per heavy atom. The van der Waals surface area contributed by atoms with Crippen molar-refractivity contribution in [1.29, 1.82) is 0 Å². The van der Waals surface area contributed by atoms with Gasteiger partial charge in [0, 0.05) is 16.7 Å². The van der Waals surface area contributed by atoms with E-state index in [9.17, 15) is 0 Å². The van der Waals surface area contributed by atoms with Gasteiger partial charge >= 0.3 is 0 Å². The molecule has 0 amide bonds. The minimum absolute atomic E-state index is 0.691. The molecule has 0 aliphatic heterocycles. The molecule has 0 fully saturated rings. The first-order valence-corrected chi connectivity index (χ1v) is 18.4. The molecule has 252 valence electrons. The highest BCUT2D eigenvalue weighted by Gasteiger charge is 2.17. The normalized spacial score (nSPS) is 11.3. The summed E-state index contributed by atoms with van der Waals surface area (Å²) in [6, 6.07) is 73.4. The molecule has 9 aromatic carbocycles. The lowest BCUT2D eigenvalue weighted by atomic mass is 9.91. The van der Waals surface area contributed by atoms with E-state index in [2.05, 4.69) is 206 Å². The maximum atomic E-state index is 5.34. The number of rotatable bonds is 6. The van der Waals surface area contributed by atoms with Crippen LogP contribution in [0.4, 0.5) is 0 Å². The van der Waals surface area contributed by atoms with Crippen LogP contribution in [-0.4, -0.2) is 9.97 Å². The highest BCUT2D eigenvalue weighted by molar-refractivity contribution is 6.25. The second-order valence-electron chi connectivity index (χ2n) is 13.8. The third-order valence-electron chi connectivity index (χ3n) is 10.5. The Hall–Kier alpha value is -7.16. The molecule has 0 saturated heterocycles. The van der Waals surface area contributed by atoms with Gasteiger partial charge in [-0.2, -0.15) is 0 Å². The molecule has 2 heteroatoms. The molecular weight excluding hydrogens is 653 g/mol. The van der Waals surface area contributed by atoms with E-state index in [0.29, 0.717) is 5.82 Å². The third-order valence-corrected chi connectivity index (χ3v) is 10.5. The molecule has 2 nitrogen and oxygen atoms in total. The Labute approximate surface area is 314 Å². The minimum Gasteiger partial charge on any atom is -0.228 e. The predicted octanol–water partition coefficient (Wildman–Crippen LogP) is 13.9. The maximum absolute atomic E-state index is 5.34. The fraction of sp³-hybridized carbons (Fsp3) is 0. The van der Waals surface area contributed by atoms with Crippen LogP contribution in [0.3, 0.4) is 0 Å². The van der Waals surface area contributed by atoms with E-state index in [1.54, 1.807) is 0 Å². The molecule has 0 N–H and O–H groups in total. The van der Waals surface area contributed by atoms with Gasteiger partial charge < -0.3 is 0 Å². The highest BCUT2D eigenvalue weighted by atomic mass is 14.9. The molecule has 0 atom stereocenters. The van der Waals surface area contributed by atoms with Crippen molar-refractivity contribution < 1.29 is 0 Å². The zero-order valence-corrected chi connectivity index (χ0v) is 29.5. The first-order chi connectivity index (χ1) is 26.8. The second kappa shape index (κ2) is 13.4. The lowest BCUT2D eigenvalue weighted by molar-refractivity contribution is 1.18. The Kier molecular flexibility index (Phi) is 7.85. The summed E-state index contributed by atoms with van der Waals surface area (Å²) < 4.78 is 0. The molecule has 0 spiro atoms. The summed E-state index contributed by atoms with van der Waals surface area (Å²) in [6.07, 6.45) is 0. The molecule has 1 aromatic heterocycles. The van der Waals surface area contributed by atoms with E-state index in [-0.39, 0.29) is 0 Å². The SMILES string of the molecule is c1ccc(-c2cccc(-c3cc(-c4cccc(-c5ccccc5)c4)nc(-c4ccccc4-c4ccc5c6ccccc6c6ccccc6c5c4)n3)c2)cc1. The van der Waals surface area contributed by atoms with E-state index in [1.165, 1.54) is 43.4 Å². The Bertz CT molecular complexity index is 2850. The van der Waals surface area contributed by atoms with Crippen LogP contribution < -0.4 is 0 Å². The fourth-order valence-corrected chi connectivity index (χ4v) is 7.85. The molecule has 0 aliphatic rings. The van der Waals surface area contributed by atoms with Crippen LogP contribution in [0.15, 0.2) is 206 Å². The second-order valence-corrected chi connectivity index (χ2v) is 13.8. The number of fused-ring (bicyclic) bond motifs is 6. The van der Waals surface area contributed by atoms with Gasteiger partial charge in [-0.1, -0.05) is 182 Å². The molecule has 10 rings (SSSR count). The van der Waals surface area contributed by atoms with Crippen LogP contribution >= 0.6 is 0 Å². The molecule has 0 bridgehead atoms. The average Bonchev–Trinajstić information content (AvgIpc) is 3.27. The van der Waals surface area contributed by atoms with E-state index in [4.69, 9.17) is 9.97 Å². The number of hydrogen-bond acceptors (Lipinski definition) is 2. The van der Waals surface area contributed by atoms with Crippen LogP contribution in [0.2, 0.25) is 0 Å². The van der Waals surface area contributed by atoms with Gasteiger partial charge in [0.2, 0.25) is 0 Å². The van der Waals surface area contributed by atoms with Gasteiger partial charge in [-0.05, 0) is 90.0 Å². The number of hydrogen-bond donors (Lipinski definition) is 0. The van der Waals surface area contributed by atoms with E-state index >= 15 is 0 Å². The van der Waals surface area contributed by atoms with Crippen molar-refractivity contribution in [3.63, 3.8) is 0 Å². The summed E-state index contributed by atoms with van der Waals surface area (Å²) in [5.74, 6) is 0.691. The van der Waals surface area contributed by atoms with Gasteiger partial charge in [0.1, 0.15) is 0 Å². The summed E-state index contributed by atoms with van der Waals surface area (Å²) in [6.45, 7) is 0. The molecule has 0 aliphatic carbocycles. The van der Waals surface area contributed by atoms with Crippen molar-refractivity contribution in [3.8, 4) is 67.3 Å². The zero-order valence-electron chi connectivity index (χ0n) is 29.5. The van der Waals surface area contributed by atoms with Gasteiger partial charge in [-0.15, -0.1) is 0 Å². The third kappa shape index (κ3) is 5.71. The van der Waals surface area contributed by atoms with Gasteiger partial charge in [-0.25, -0.2) is 9.97 Å². The van der Waals surface area contributed by atoms with E-state index < -0.39 is 0 Å². The highest BCUT2D eigenvalue weighted by Crippen LogP contribution is 2.40. The quantitative estimate of drug-likeness (QED) is 0.163. The van der Waals surface area contributed by atoms with Crippen molar-refractivity contribution in [2.75, 3.05) is 0 Å². The summed E-state index contributed by atoms with van der Waals surface area (Å²) in [4.78, 5) is 10.7. The van der Waals surface area contributed by atoms with Gasteiger partial charge in [0.05, 0.1) is 11.4 Å². The van der Waals surface area contributed by atoms with Crippen LogP contribution in [0.1, 0.15) is 0 Å². The zero-order chi connectivity index (χ0) is 35.8. The molecule has 0 saturated carbocycles. The molecule has 54 heavy (non-hydrogen) atoms. The fourth-order valence-electron chi connectivity index (χ4n) is 7.85. The molecule has 1 heterocycles. The van der Waals surface area contributed by atoms with E-state index in [1.807, 2.05) is 0 Å². The first kappa shape index (κ1) is 31.6. The van der Waals surface area contributed by atoms with Crippen LogP contribution in [0, 0.1) is 0 Å². The lowest BCUT2D eigenvalue weighted by Gasteiger charge is -2.15. The van der Waals surface area contributed by atoms with Crippen molar-refractivity contribution in [3.05, 3.63) is 206 Å². The molecule has 10 aromatic rings. The largest absolute Gasteiger partial charge is 0.228 e. The Balaban J connectivity index is 1.17. The topological polar surface area (TPSA) is 25.8 Å². The summed E-state index contributed by atoms with van der Waals surface area (Å²) in [5, 5.41) is 7.55. The van der Waals surface area contributed by atoms with Gasteiger partial charge in [0.15, 0.2) is 5.82 Å². The van der Waals surface area contributed by atoms with Crippen LogP contribution in [0.5, 0.6) is 0 Å². The number of nitrogens with zero attached hydrogens (tertiary/aromatic N) is 2. The minimum atomic E-state index is 0.691. The smallest absolute Gasteiger partial charge is 0.161 e. The molecule has 0 radical (unpaired) electrons. The molecular formula is C52H34N2. The van der Waals surface area contributed by atoms with Crippen LogP contribution in [0.25, 0.3) is 99.6 Å². The Morgan fingerprint density at radius 2 is 0.630 bits per heavy atom. The van der Waals surface area contributed by atoms with Crippen molar-refractivity contribution in [2.45, 2.75) is 0 Å². The monoisotopic (exact) mass is 686 g/mol. The summed E-state index contributed by atoms with van der Waals surface area (Å²) in [7, 11) is 0. The Morgan fingerprint density at radius 1 is 0.222 bits per heavy atom. The predicted molar refractivity (Wildman–Crippen MR) is 227 cm³/mol. The summed E-state index contributed by atoms with van der Waals surface area (Å²) >= 11 is 0. The van der Waals surface area contributed by atoms with Crippen LogP contribution in [-0.2, 0) is 0 Å². The maximum Gasteiger partial charge on any atom is 0.161 e. The number of benzene rings is 9. The number of aromatic nitrogens is 2.